The molecule has 0 amide bonds. The van der Waals surface area contributed by atoms with Crippen LogP contribution in [0.15, 0.2) is 18.2 Å². The van der Waals surface area contributed by atoms with E-state index in [1.807, 2.05) is 6.07 Å². The van der Waals surface area contributed by atoms with Gasteiger partial charge >= 0.3 is 0 Å². The number of rotatable bonds is 2. The third kappa shape index (κ3) is 1.74. The smallest absolute Gasteiger partial charge is 0.123 e. The van der Waals surface area contributed by atoms with Crippen molar-refractivity contribution in [2.45, 2.75) is 44.2 Å². The Labute approximate surface area is 106 Å². The standard InChI is InChI=1S/C15H17FN2/c16-9-1-5-14-12(7-9)13-8-11(17-10-2-3-10)4-6-15(13)18-14/h1,5,7,10-11,17-18H,2-4,6,8H2. The summed E-state index contributed by atoms with van der Waals surface area (Å²) < 4.78 is 13.4. The van der Waals surface area contributed by atoms with E-state index < -0.39 is 0 Å². The number of aromatic nitrogens is 1. The summed E-state index contributed by atoms with van der Waals surface area (Å²) in [5.41, 5.74) is 3.71. The lowest BCUT2D eigenvalue weighted by Crippen LogP contribution is -2.35. The molecule has 0 radical (unpaired) electrons. The maximum absolute atomic E-state index is 13.4. The molecule has 3 heteroatoms. The maximum atomic E-state index is 13.4. The second-order valence-electron chi connectivity index (χ2n) is 5.65. The lowest BCUT2D eigenvalue weighted by Gasteiger charge is -2.23. The number of hydrogen-bond acceptors (Lipinski definition) is 1. The van der Waals surface area contributed by atoms with Crippen LogP contribution in [-0.4, -0.2) is 17.1 Å². The Kier molecular flexibility index (Phi) is 2.24. The topological polar surface area (TPSA) is 27.8 Å². The predicted octanol–water partition coefficient (Wildman–Crippen LogP) is 2.92. The fourth-order valence-corrected chi connectivity index (χ4v) is 3.11. The van der Waals surface area contributed by atoms with Gasteiger partial charge in [0, 0.05) is 28.7 Å². The summed E-state index contributed by atoms with van der Waals surface area (Å²) in [7, 11) is 0. The number of fused-ring (bicyclic) bond motifs is 3. The van der Waals surface area contributed by atoms with E-state index in [1.54, 1.807) is 6.07 Å². The Morgan fingerprint density at radius 1 is 1.17 bits per heavy atom. The highest BCUT2D eigenvalue weighted by Crippen LogP contribution is 2.31. The van der Waals surface area contributed by atoms with Gasteiger partial charge in [-0.2, -0.15) is 0 Å². The van der Waals surface area contributed by atoms with Crippen LogP contribution in [0.5, 0.6) is 0 Å². The van der Waals surface area contributed by atoms with Gasteiger partial charge in [0.2, 0.25) is 0 Å². The van der Waals surface area contributed by atoms with Gasteiger partial charge in [-0.3, -0.25) is 0 Å². The number of H-pyrrole nitrogens is 1. The highest BCUT2D eigenvalue weighted by Gasteiger charge is 2.28. The van der Waals surface area contributed by atoms with Crippen molar-refractivity contribution in [3.8, 4) is 0 Å². The summed E-state index contributed by atoms with van der Waals surface area (Å²) in [5, 5.41) is 4.77. The molecule has 4 rings (SSSR count). The van der Waals surface area contributed by atoms with Crippen LogP contribution in [0, 0.1) is 5.82 Å². The zero-order valence-corrected chi connectivity index (χ0v) is 10.3. The van der Waals surface area contributed by atoms with E-state index in [0.29, 0.717) is 6.04 Å². The fraction of sp³-hybridized carbons (Fsp3) is 0.467. The van der Waals surface area contributed by atoms with Crippen molar-refractivity contribution in [1.82, 2.24) is 10.3 Å². The van der Waals surface area contributed by atoms with Crippen LogP contribution in [-0.2, 0) is 12.8 Å². The summed E-state index contributed by atoms with van der Waals surface area (Å²) in [5.74, 6) is -0.137. The van der Waals surface area contributed by atoms with Gasteiger partial charge < -0.3 is 10.3 Å². The van der Waals surface area contributed by atoms with Crippen LogP contribution in [0.2, 0.25) is 0 Å². The van der Waals surface area contributed by atoms with Gasteiger partial charge in [-0.05, 0) is 55.9 Å². The minimum Gasteiger partial charge on any atom is -0.358 e. The molecule has 0 aliphatic heterocycles. The molecule has 1 fully saturated rings. The van der Waals surface area contributed by atoms with Gasteiger partial charge in [0.1, 0.15) is 5.82 Å². The minimum atomic E-state index is -0.137. The van der Waals surface area contributed by atoms with E-state index >= 15 is 0 Å². The Hall–Kier alpha value is -1.35. The quantitative estimate of drug-likeness (QED) is 0.835. The molecule has 1 unspecified atom stereocenters. The highest BCUT2D eigenvalue weighted by atomic mass is 19.1. The largest absolute Gasteiger partial charge is 0.358 e. The minimum absolute atomic E-state index is 0.137. The van der Waals surface area contributed by atoms with E-state index in [2.05, 4.69) is 10.3 Å². The summed E-state index contributed by atoms with van der Waals surface area (Å²) >= 11 is 0. The Balaban J connectivity index is 1.71. The SMILES string of the molecule is Fc1ccc2[nH]c3c(c2c1)CC(NC1CC1)CC3. The number of hydrogen-bond donors (Lipinski definition) is 2. The van der Waals surface area contributed by atoms with Gasteiger partial charge in [0.15, 0.2) is 0 Å². The molecule has 1 atom stereocenters. The molecule has 1 aromatic carbocycles. The Morgan fingerprint density at radius 3 is 2.89 bits per heavy atom. The molecule has 0 bridgehead atoms. The molecule has 2 nitrogen and oxygen atoms in total. The van der Waals surface area contributed by atoms with Crippen molar-refractivity contribution < 1.29 is 4.39 Å². The second kappa shape index (κ2) is 3.82. The first kappa shape index (κ1) is 10.6. The van der Waals surface area contributed by atoms with Crippen LogP contribution >= 0.6 is 0 Å². The van der Waals surface area contributed by atoms with E-state index in [-0.39, 0.29) is 5.82 Å². The van der Waals surface area contributed by atoms with Crippen molar-refractivity contribution in [2.24, 2.45) is 0 Å². The fourth-order valence-electron chi connectivity index (χ4n) is 3.11. The monoisotopic (exact) mass is 244 g/mol. The van der Waals surface area contributed by atoms with Gasteiger partial charge in [0.05, 0.1) is 0 Å². The molecular weight excluding hydrogens is 227 g/mol. The summed E-state index contributed by atoms with van der Waals surface area (Å²) in [6.45, 7) is 0. The summed E-state index contributed by atoms with van der Waals surface area (Å²) in [6.07, 6.45) is 5.96. The van der Waals surface area contributed by atoms with E-state index in [0.717, 1.165) is 29.8 Å². The van der Waals surface area contributed by atoms with Crippen LogP contribution in [0.4, 0.5) is 4.39 Å². The van der Waals surface area contributed by atoms with Crippen molar-refractivity contribution in [1.29, 1.82) is 0 Å². The molecule has 1 heterocycles. The number of benzene rings is 1. The number of aryl methyl sites for hydroxylation is 1. The first-order valence-corrected chi connectivity index (χ1v) is 6.84. The van der Waals surface area contributed by atoms with Crippen LogP contribution in [0.25, 0.3) is 10.9 Å². The van der Waals surface area contributed by atoms with Gasteiger partial charge in [-0.15, -0.1) is 0 Å². The first-order chi connectivity index (χ1) is 8.79. The van der Waals surface area contributed by atoms with Crippen molar-refractivity contribution in [2.75, 3.05) is 0 Å². The van der Waals surface area contributed by atoms with E-state index in [1.165, 1.54) is 36.6 Å². The van der Waals surface area contributed by atoms with Crippen LogP contribution < -0.4 is 5.32 Å². The van der Waals surface area contributed by atoms with Crippen LogP contribution in [0.1, 0.15) is 30.5 Å². The molecule has 0 saturated heterocycles. The number of aromatic amines is 1. The zero-order valence-electron chi connectivity index (χ0n) is 10.3. The number of nitrogens with one attached hydrogen (secondary N) is 2. The Bertz CT molecular complexity index is 598. The third-order valence-corrected chi connectivity index (χ3v) is 4.20. The number of halogens is 1. The molecule has 2 aromatic rings. The van der Waals surface area contributed by atoms with Crippen molar-refractivity contribution in [3.63, 3.8) is 0 Å². The van der Waals surface area contributed by atoms with E-state index in [4.69, 9.17) is 0 Å². The molecule has 2 aliphatic carbocycles. The van der Waals surface area contributed by atoms with Gasteiger partial charge in [-0.25, -0.2) is 4.39 Å². The normalized spacial score (nSPS) is 23.3. The van der Waals surface area contributed by atoms with Crippen molar-refractivity contribution in [3.05, 3.63) is 35.3 Å². The lowest BCUT2D eigenvalue weighted by molar-refractivity contribution is 0.455. The molecular formula is C15H17FN2. The molecule has 0 spiro atoms. The van der Waals surface area contributed by atoms with Crippen molar-refractivity contribution >= 4 is 10.9 Å². The summed E-state index contributed by atoms with van der Waals surface area (Å²) in [4.78, 5) is 3.44. The summed E-state index contributed by atoms with van der Waals surface area (Å²) in [6, 6.07) is 6.38. The highest BCUT2D eigenvalue weighted by molar-refractivity contribution is 5.85. The first-order valence-electron chi connectivity index (χ1n) is 6.84. The second-order valence-corrected chi connectivity index (χ2v) is 5.65. The average Bonchev–Trinajstić information content (AvgIpc) is 3.10. The van der Waals surface area contributed by atoms with Gasteiger partial charge in [0.25, 0.3) is 0 Å². The Morgan fingerprint density at radius 2 is 2.06 bits per heavy atom. The average molecular weight is 244 g/mol. The molecule has 2 N–H and O–H groups in total. The van der Waals surface area contributed by atoms with Gasteiger partial charge in [-0.1, -0.05) is 0 Å². The van der Waals surface area contributed by atoms with Crippen LogP contribution in [0.3, 0.4) is 0 Å². The molecule has 1 saturated carbocycles. The third-order valence-electron chi connectivity index (χ3n) is 4.20. The maximum Gasteiger partial charge on any atom is 0.123 e. The predicted molar refractivity (Wildman–Crippen MR) is 70.2 cm³/mol. The zero-order chi connectivity index (χ0) is 12.1. The molecule has 2 aliphatic rings. The molecule has 18 heavy (non-hydrogen) atoms. The lowest BCUT2D eigenvalue weighted by atomic mass is 9.91. The molecule has 1 aromatic heterocycles. The molecule has 94 valence electrons. The van der Waals surface area contributed by atoms with E-state index in [9.17, 15) is 4.39 Å².